The molecule has 1 unspecified atom stereocenters. The summed E-state index contributed by atoms with van der Waals surface area (Å²) in [6, 6.07) is 12.8. The van der Waals surface area contributed by atoms with Crippen LogP contribution in [0.2, 0.25) is 0 Å². The highest BCUT2D eigenvalue weighted by Crippen LogP contribution is 2.35. The molecular weight excluding hydrogens is 450 g/mol. The molecule has 2 aromatic heterocycles. The average Bonchev–Trinajstić information content (AvgIpc) is 3.19. The van der Waals surface area contributed by atoms with Crippen molar-refractivity contribution >= 4 is 17.1 Å². The van der Waals surface area contributed by atoms with Gasteiger partial charge in [0.15, 0.2) is 0 Å². The van der Waals surface area contributed by atoms with Gasteiger partial charge in [-0.1, -0.05) is 18.2 Å². The Hall–Kier alpha value is -2.77. The molecule has 3 heterocycles. The number of para-hydroxylation sites is 2. The lowest BCUT2D eigenvalue weighted by Gasteiger charge is -2.52. The number of carbonyl (C=O) groups is 1. The Morgan fingerprint density at radius 3 is 2.75 bits per heavy atom. The van der Waals surface area contributed by atoms with Gasteiger partial charge in [0.1, 0.15) is 5.82 Å². The van der Waals surface area contributed by atoms with E-state index in [0.29, 0.717) is 13.1 Å². The van der Waals surface area contributed by atoms with Crippen molar-refractivity contribution in [3.8, 4) is 0 Å². The van der Waals surface area contributed by atoms with Gasteiger partial charge in [-0.3, -0.25) is 14.4 Å². The number of likely N-dealkylation sites (tertiary alicyclic amines) is 1. The molecule has 0 spiro atoms. The summed E-state index contributed by atoms with van der Waals surface area (Å²) in [5.41, 5.74) is 4.27. The zero-order valence-electron chi connectivity index (χ0n) is 22.1. The minimum atomic E-state index is -0.953. The fourth-order valence-electron chi connectivity index (χ4n) is 6.53. The smallest absolute Gasteiger partial charge is 0.257 e. The Kier molecular flexibility index (Phi) is 6.64. The van der Waals surface area contributed by atoms with Gasteiger partial charge in [0.05, 0.1) is 47.9 Å². The summed E-state index contributed by atoms with van der Waals surface area (Å²) in [4.78, 5) is 24.6. The lowest BCUT2D eigenvalue weighted by molar-refractivity contribution is -0.927. The molecule has 2 aliphatic rings. The van der Waals surface area contributed by atoms with Gasteiger partial charge in [-0.25, -0.2) is 4.98 Å². The molecule has 1 amide bonds. The molecule has 3 atom stereocenters. The Labute approximate surface area is 214 Å². The monoisotopic (exact) mass is 489 g/mol. The molecule has 3 aromatic rings. The van der Waals surface area contributed by atoms with E-state index in [0.717, 1.165) is 55.6 Å². The Bertz CT molecular complexity index is 1250. The number of benzene rings is 1. The quantitative estimate of drug-likeness (QED) is 0.500. The van der Waals surface area contributed by atoms with Crippen LogP contribution in [0.5, 0.6) is 0 Å². The second-order valence-corrected chi connectivity index (χ2v) is 11.8. The third kappa shape index (κ3) is 4.43. The summed E-state index contributed by atoms with van der Waals surface area (Å²) in [5.74, 6) is 1.28. The van der Waals surface area contributed by atoms with Gasteiger partial charge in [-0.05, 0) is 83.7 Å². The number of fused-ring (bicyclic) bond motifs is 2. The minimum Gasteiger partial charge on any atom is -0.498 e. The third-order valence-electron chi connectivity index (χ3n) is 8.62. The zero-order chi connectivity index (χ0) is 25.5. The first-order valence-corrected chi connectivity index (χ1v) is 13.4. The topological polar surface area (TPSA) is 74.1 Å². The van der Waals surface area contributed by atoms with Crippen molar-refractivity contribution in [1.82, 2.24) is 19.4 Å². The van der Waals surface area contributed by atoms with E-state index in [1.54, 1.807) is 0 Å². The summed E-state index contributed by atoms with van der Waals surface area (Å²) in [7, 11) is 2.18. The molecular formula is C29H39N5O2. The Balaban J connectivity index is 1.44. The van der Waals surface area contributed by atoms with Crippen molar-refractivity contribution in [3.63, 3.8) is 0 Å². The molecule has 7 heteroatoms. The molecule has 1 saturated heterocycles. The van der Waals surface area contributed by atoms with Crippen LogP contribution in [0.4, 0.5) is 4.79 Å². The van der Waals surface area contributed by atoms with Crippen LogP contribution in [-0.4, -0.2) is 55.7 Å². The van der Waals surface area contributed by atoms with Crippen LogP contribution in [0.1, 0.15) is 69.6 Å². The molecule has 0 saturated carbocycles. The number of nitrogens with zero attached hydrogens (tertiary/aromatic N) is 5. The van der Waals surface area contributed by atoms with Gasteiger partial charge in [-0.15, -0.1) is 0 Å². The highest BCUT2D eigenvalue weighted by molar-refractivity contribution is 5.75. The molecule has 1 aliphatic heterocycles. The number of piperidine rings is 1. The van der Waals surface area contributed by atoms with Crippen molar-refractivity contribution < 1.29 is 14.4 Å². The van der Waals surface area contributed by atoms with Gasteiger partial charge >= 0.3 is 0 Å². The Morgan fingerprint density at radius 1 is 1.17 bits per heavy atom. The highest BCUT2D eigenvalue weighted by Gasteiger charge is 2.46. The number of quaternary nitrogens is 1. The predicted molar refractivity (Wildman–Crippen MR) is 139 cm³/mol. The number of amides is 1. The number of hydrogen-bond donors (Lipinski definition) is 0. The van der Waals surface area contributed by atoms with Crippen LogP contribution in [0.25, 0.3) is 11.0 Å². The number of aryl methyl sites for hydroxylation is 1. The number of hydrogen-bond acceptors (Lipinski definition) is 5. The first-order chi connectivity index (χ1) is 17.2. The van der Waals surface area contributed by atoms with E-state index in [9.17, 15) is 9.90 Å². The van der Waals surface area contributed by atoms with Crippen LogP contribution in [0.15, 0.2) is 42.6 Å². The number of aromatic nitrogens is 3. The molecule has 0 N–H and O–H groups in total. The predicted octanol–water partition coefficient (Wildman–Crippen LogP) is 4.31. The van der Waals surface area contributed by atoms with E-state index in [4.69, 9.17) is 9.97 Å². The fourth-order valence-corrected chi connectivity index (χ4v) is 6.53. The molecule has 1 aromatic carbocycles. The summed E-state index contributed by atoms with van der Waals surface area (Å²) >= 11 is 0. The minimum absolute atomic E-state index is 0.0179. The maximum Gasteiger partial charge on any atom is 0.257 e. The molecule has 5 rings (SSSR count). The first kappa shape index (κ1) is 24.9. The van der Waals surface area contributed by atoms with Crippen molar-refractivity contribution in [2.45, 2.75) is 77.5 Å². The second kappa shape index (κ2) is 9.60. The van der Waals surface area contributed by atoms with E-state index in [1.807, 2.05) is 39.1 Å². The SMILES string of the molecule is CN(Cc1nc2ccccc2n1C[C@H]1CCC[N+](C(=O)[O-])(C(C)(C)C)C1)[C@H]1CCCc2cccnc21. The summed E-state index contributed by atoms with van der Waals surface area (Å²) in [6.07, 6.45) is 6.22. The number of pyridine rings is 1. The van der Waals surface area contributed by atoms with Gasteiger partial charge in [-0.2, -0.15) is 0 Å². The number of carbonyl (C=O) groups excluding carboxylic acids is 1. The molecule has 1 fully saturated rings. The normalized spacial score (nSPS) is 24.7. The van der Waals surface area contributed by atoms with E-state index in [-0.39, 0.29) is 16.4 Å². The fraction of sp³-hybridized carbons (Fsp3) is 0.552. The van der Waals surface area contributed by atoms with Crippen LogP contribution >= 0.6 is 0 Å². The lowest BCUT2D eigenvalue weighted by atomic mass is 9.89. The number of rotatable bonds is 5. The average molecular weight is 490 g/mol. The van der Waals surface area contributed by atoms with Crippen molar-refractivity contribution in [2.24, 2.45) is 5.92 Å². The lowest BCUT2D eigenvalue weighted by Crippen LogP contribution is -2.70. The van der Waals surface area contributed by atoms with Crippen LogP contribution in [-0.2, 0) is 19.5 Å². The number of imidazole rings is 1. The van der Waals surface area contributed by atoms with E-state index >= 15 is 0 Å². The van der Waals surface area contributed by atoms with Crippen LogP contribution in [0, 0.1) is 5.92 Å². The standard InChI is InChI=1S/C29H39N5O2/c1-29(2,3)34(28(35)36)17-9-10-21(20-34)18-33-24-14-6-5-13-23(24)31-26(33)19-32(4)25-15-7-11-22-12-8-16-30-27(22)25/h5-6,8,12-14,16,21,25H,7,9-11,15,17-20H2,1-4H3/t21-,25+,34?/m1/s1. The van der Waals surface area contributed by atoms with Crippen LogP contribution < -0.4 is 5.11 Å². The molecule has 192 valence electrons. The Morgan fingerprint density at radius 2 is 1.97 bits per heavy atom. The number of carboxylic acid groups (broad SMARTS) is 1. The van der Waals surface area contributed by atoms with Gasteiger partial charge in [0, 0.05) is 18.7 Å². The molecule has 1 aliphatic carbocycles. The highest BCUT2D eigenvalue weighted by atomic mass is 16.4. The zero-order valence-corrected chi connectivity index (χ0v) is 22.1. The van der Waals surface area contributed by atoms with Gasteiger partial charge < -0.3 is 14.5 Å². The largest absolute Gasteiger partial charge is 0.498 e. The maximum absolute atomic E-state index is 12.4. The van der Waals surface area contributed by atoms with Crippen molar-refractivity contribution in [1.29, 1.82) is 0 Å². The summed E-state index contributed by atoms with van der Waals surface area (Å²) < 4.78 is 2.36. The van der Waals surface area contributed by atoms with E-state index < -0.39 is 11.6 Å². The molecule has 0 radical (unpaired) electrons. The third-order valence-corrected chi connectivity index (χ3v) is 8.62. The maximum atomic E-state index is 12.4. The summed E-state index contributed by atoms with van der Waals surface area (Å²) in [5, 5.41) is 12.4. The van der Waals surface area contributed by atoms with Crippen LogP contribution in [0.3, 0.4) is 0 Å². The van der Waals surface area contributed by atoms with Crippen molar-refractivity contribution in [2.75, 3.05) is 20.1 Å². The summed E-state index contributed by atoms with van der Waals surface area (Å²) in [6.45, 7) is 8.79. The molecule has 36 heavy (non-hydrogen) atoms. The van der Waals surface area contributed by atoms with E-state index in [2.05, 4.69) is 40.8 Å². The molecule has 0 bridgehead atoms. The molecule has 7 nitrogen and oxygen atoms in total. The first-order valence-electron chi connectivity index (χ1n) is 13.4. The van der Waals surface area contributed by atoms with Gasteiger partial charge in [0.2, 0.25) is 0 Å². The second-order valence-electron chi connectivity index (χ2n) is 11.8. The van der Waals surface area contributed by atoms with E-state index in [1.165, 1.54) is 17.7 Å². The van der Waals surface area contributed by atoms with Gasteiger partial charge in [0.25, 0.3) is 6.09 Å². The van der Waals surface area contributed by atoms with Crippen molar-refractivity contribution in [3.05, 3.63) is 59.7 Å².